The molecule has 1 aliphatic heterocycles. The Morgan fingerprint density at radius 1 is 1.17 bits per heavy atom. The second kappa shape index (κ2) is 11.3. The Balaban J connectivity index is 1.54. The summed E-state index contributed by atoms with van der Waals surface area (Å²) < 4.78 is 0. The highest BCUT2D eigenvalue weighted by Crippen LogP contribution is 2.23. The van der Waals surface area contributed by atoms with E-state index in [4.69, 9.17) is 11.6 Å². The standard InChI is InChI=1S/C23H28ClN3O2S/c1-30-14-12-21(26-22(28)19-9-5-6-10-20(19)24)23(29)25-15-17-11-13-27(16-17)18-7-3-2-4-8-18/h2-10,17,21H,11-16H2,1H3,(H,25,29)(H,26,28). The number of thioether (sulfide) groups is 1. The molecule has 0 aliphatic carbocycles. The van der Waals surface area contributed by atoms with Crippen molar-refractivity contribution in [2.75, 3.05) is 36.5 Å². The van der Waals surface area contributed by atoms with E-state index in [1.807, 2.05) is 24.5 Å². The number of anilines is 1. The van der Waals surface area contributed by atoms with Gasteiger partial charge >= 0.3 is 0 Å². The van der Waals surface area contributed by atoms with Crippen LogP contribution in [0.3, 0.4) is 0 Å². The summed E-state index contributed by atoms with van der Waals surface area (Å²) in [5.41, 5.74) is 1.60. The fourth-order valence-corrected chi connectivity index (χ4v) is 4.32. The van der Waals surface area contributed by atoms with E-state index in [0.29, 0.717) is 29.5 Å². The number of nitrogens with one attached hydrogen (secondary N) is 2. The Morgan fingerprint density at radius 3 is 2.63 bits per heavy atom. The molecule has 2 atom stereocenters. The summed E-state index contributed by atoms with van der Waals surface area (Å²) in [7, 11) is 0. The molecule has 2 amide bonds. The zero-order chi connectivity index (χ0) is 21.3. The fraction of sp³-hybridized carbons (Fsp3) is 0.391. The molecule has 0 radical (unpaired) electrons. The third kappa shape index (κ3) is 6.16. The number of hydrogen-bond donors (Lipinski definition) is 2. The molecule has 2 unspecified atom stereocenters. The van der Waals surface area contributed by atoms with Gasteiger partial charge < -0.3 is 15.5 Å². The van der Waals surface area contributed by atoms with E-state index in [-0.39, 0.29) is 11.8 Å². The number of benzene rings is 2. The van der Waals surface area contributed by atoms with Crippen molar-refractivity contribution in [2.24, 2.45) is 5.92 Å². The largest absolute Gasteiger partial charge is 0.371 e. The quantitative estimate of drug-likeness (QED) is 0.615. The number of rotatable bonds is 9. The normalized spacial score (nSPS) is 16.9. The van der Waals surface area contributed by atoms with Crippen LogP contribution in [0.2, 0.25) is 5.02 Å². The summed E-state index contributed by atoms with van der Waals surface area (Å²) in [4.78, 5) is 27.8. The maximum Gasteiger partial charge on any atom is 0.253 e. The van der Waals surface area contributed by atoms with Gasteiger partial charge in [-0.3, -0.25) is 9.59 Å². The average Bonchev–Trinajstić information content (AvgIpc) is 3.25. The van der Waals surface area contributed by atoms with Gasteiger partial charge in [0.2, 0.25) is 5.91 Å². The molecule has 0 saturated carbocycles. The van der Waals surface area contributed by atoms with Crippen LogP contribution < -0.4 is 15.5 Å². The topological polar surface area (TPSA) is 61.4 Å². The van der Waals surface area contributed by atoms with Crippen LogP contribution in [-0.2, 0) is 4.79 Å². The van der Waals surface area contributed by atoms with Crippen LogP contribution in [0.25, 0.3) is 0 Å². The van der Waals surface area contributed by atoms with Gasteiger partial charge in [-0.2, -0.15) is 11.8 Å². The molecule has 1 fully saturated rings. The van der Waals surface area contributed by atoms with Gasteiger partial charge in [0, 0.05) is 25.3 Å². The second-order valence-electron chi connectivity index (χ2n) is 7.47. The van der Waals surface area contributed by atoms with E-state index in [1.54, 1.807) is 36.0 Å². The molecule has 1 aliphatic rings. The van der Waals surface area contributed by atoms with E-state index in [9.17, 15) is 9.59 Å². The molecular weight excluding hydrogens is 418 g/mol. The lowest BCUT2D eigenvalue weighted by Crippen LogP contribution is -2.48. The molecule has 2 N–H and O–H groups in total. The van der Waals surface area contributed by atoms with Crippen molar-refractivity contribution < 1.29 is 9.59 Å². The van der Waals surface area contributed by atoms with Crippen molar-refractivity contribution in [3.63, 3.8) is 0 Å². The van der Waals surface area contributed by atoms with Crippen LogP contribution in [0.15, 0.2) is 54.6 Å². The monoisotopic (exact) mass is 445 g/mol. The summed E-state index contributed by atoms with van der Waals surface area (Å²) in [6.07, 6.45) is 3.60. The number of nitrogens with zero attached hydrogens (tertiary/aromatic N) is 1. The van der Waals surface area contributed by atoms with E-state index in [1.165, 1.54) is 5.69 Å². The zero-order valence-corrected chi connectivity index (χ0v) is 18.7. The lowest BCUT2D eigenvalue weighted by atomic mass is 10.1. The molecule has 2 aromatic carbocycles. The van der Waals surface area contributed by atoms with Gasteiger partial charge in [-0.25, -0.2) is 0 Å². The van der Waals surface area contributed by atoms with Crippen molar-refractivity contribution in [2.45, 2.75) is 18.9 Å². The number of carbonyl (C=O) groups is 2. The maximum absolute atomic E-state index is 12.8. The highest BCUT2D eigenvalue weighted by atomic mass is 35.5. The molecule has 2 aromatic rings. The molecule has 7 heteroatoms. The Kier molecular flexibility index (Phi) is 8.46. The van der Waals surface area contributed by atoms with Gasteiger partial charge in [0.1, 0.15) is 6.04 Å². The summed E-state index contributed by atoms with van der Waals surface area (Å²) in [6, 6.07) is 16.6. The minimum absolute atomic E-state index is 0.136. The zero-order valence-electron chi connectivity index (χ0n) is 17.1. The molecule has 5 nitrogen and oxygen atoms in total. The summed E-state index contributed by atoms with van der Waals surface area (Å²) in [5.74, 6) is 0.724. The number of hydrogen-bond acceptors (Lipinski definition) is 4. The van der Waals surface area contributed by atoms with Gasteiger partial charge in [-0.15, -0.1) is 0 Å². The van der Waals surface area contributed by atoms with Gasteiger partial charge in [0.05, 0.1) is 10.6 Å². The maximum atomic E-state index is 12.8. The van der Waals surface area contributed by atoms with E-state index in [2.05, 4.69) is 27.7 Å². The van der Waals surface area contributed by atoms with E-state index in [0.717, 1.165) is 25.3 Å². The van der Waals surface area contributed by atoms with Crippen molar-refractivity contribution >= 4 is 40.9 Å². The molecule has 1 saturated heterocycles. The first kappa shape index (κ1) is 22.5. The molecule has 30 heavy (non-hydrogen) atoms. The SMILES string of the molecule is CSCCC(NC(=O)c1ccccc1Cl)C(=O)NCC1CCN(c2ccccc2)C1. The number of carbonyl (C=O) groups excluding carboxylic acids is 2. The van der Waals surface area contributed by atoms with Gasteiger partial charge in [-0.1, -0.05) is 41.9 Å². The Hall–Kier alpha value is -2.18. The minimum Gasteiger partial charge on any atom is -0.371 e. The molecular formula is C23H28ClN3O2S. The molecule has 1 heterocycles. The van der Waals surface area contributed by atoms with Crippen LogP contribution in [0.5, 0.6) is 0 Å². The van der Waals surface area contributed by atoms with Crippen LogP contribution in [-0.4, -0.2) is 49.5 Å². The van der Waals surface area contributed by atoms with E-state index >= 15 is 0 Å². The van der Waals surface area contributed by atoms with E-state index < -0.39 is 6.04 Å². The number of amides is 2. The summed E-state index contributed by atoms with van der Waals surface area (Å²) in [5, 5.41) is 6.29. The lowest BCUT2D eigenvalue weighted by Gasteiger charge is -2.21. The molecule has 0 aromatic heterocycles. The summed E-state index contributed by atoms with van der Waals surface area (Å²) >= 11 is 7.78. The fourth-order valence-electron chi connectivity index (χ4n) is 3.63. The highest BCUT2D eigenvalue weighted by molar-refractivity contribution is 7.98. The summed E-state index contributed by atoms with van der Waals surface area (Å²) in [6.45, 7) is 2.52. The molecule has 3 rings (SSSR count). The van der Waals surface area contributed by atoms with Crippen molar-refractivity contribution in [1.82, 2.24) is 10.6 Å². The van der Waals surface area contributed by atoms with Crippen LogP contribution in [0, 0.1) is 5.92 Å². The van der Waals surface area contributed by atoms with Gasteiger partial charge in [-0.05, 0) is 55.0 Å². The molecule has 0 bridgehead atoms. The van der Waals surface area contributed by atoms with Crippen molar-refractivity contribution in [1.29, 1.82) is 0 Å². The first-order valence-corrected chi connectivity index (χ1v) is 12.0. The van der Waals surface area contributed by atoms with Crippen LogP contribution in [0.1, 0.15) is 23.2 Å². The Labute approximate surface area is 187 Å². The van der Waals surface area contributed by atoms with Crippen LogP contribution in [0.4, 0.5) is 5.69 Å². The Bertz CT molecular complexity index is 849. The predicted octanol–water partition coefficient (Wildman–Crippen LogP) is 3.83. The highest BCUT2D eigenvalue weighted by Gasteiger charge is 2.26. The smallest absolute Gasteiger partial charge is 0.253 e. The van der Waals surface area contributed by atoms with Gasteiger partial charge in [0.25, 0.3) is 5.91 Å². The predicted molar refractivity (Wildman–Crippen MR) is 125 cm³/mol. The first-order valence-electron chi connectivity index (χ1n) is 10.2. The van der Waals surface area contributed by atoms with Gasteiger partial charge in [0.15, 0.2) is 0 Å². The second-order valence-corrected chi connectivity index (χ2v) is 8.86. The van der Waals surface area contributed by atoms with Crippen molar-refractivity contribution in [3.05, 3.63) is 65.2 Å². The number of para-hydroxylation sites is 1. The third-order valence-corrected chi connectivity index (χ3v) is 6.30. The lowest BCUT2D eigenvalue weighted by molar-refractivity contribution is -0.123. The average molecular weight is 446 g/mol. The number of halogens is 1. The molecule has 160 valence electrons. The third-order valence-electron chi connectivity index (χ3n) is 5.32. The van der Waals surface area contributed by atoms with Crippen molar-refractivity contribution in [3.8, 4) is 0 Å². The first-order chi connectivity index (χ1) is 14.6. The van der Waals surface area contributed by atoms with Crippen LogP contribution >= 0.6 is 23.4 Å². The Morgan fingerprint density at radius 2 is 1.90 bits per heavy atom. The molecule has 0 spiro atoms. The minimum atomic E-state index is -0.576.